The fraction of sp³-hybridized carbons (Fsp3) is 0.500. The van der Waals surface area contributed by atoms with Crippen molar-refractivity contribution in [2.24, 2.45) is 5.92 Å². The Labute approximate surface area is 131 Å². The van der Waals surface area contributed by atoms with Gasteiger partial charge in [-0.2, -0.15) is 0 Å². The Balaban J connectivity index is 1.70. The van der Waals surface area contributed by atoms with Crippen LogP contribution in [0.3, 0.4) is 0 Å². The number of rotatable bonds is 2. The number of benzene rings is 1. The standard InChI is InChI=1S/C18H24N2O2/c1-11-8-13(3)14-10-17(19-16(14)9-11)22-18(21)20-15-7-5-4-6-12(15)2/h8-10,12,15,19H,4-7H2,1-3H3,(H,20,21)/t12-,15+/m1/s1. The SMILES string of the molecule is Cc1cc(C)c2cc(OC(=O)N[C@H]3CCCC[C@H]3C)[nH]c2c1. The molecule has 0 aliphatic heterocycles. The Hall–Kier alpha value is -1.97. The number of carbonyl (C=O) groups excluding carboxylic acids is 1. The van der Waals surface area contributed by atoms with Crippen LogP contribution in [0.5, 0.6) is 5.88 Å². The molecule has 1 amide bonds. The highest BCUT2D eigenvalue weighted by atomic mass is 16.6. The number of hydrogen-bond acceptors (Lipinski definition) is 2. The van der Waals surface area contributed by atoms with E-state index in [1.54, 1.807) is 0 Å². The zero-order valence-electron chi connectivity index (χ0n) is 13.5. The predicted octanol–water partition coefficient (Wildman–Crippen LogP) is 4.45. The van der Waals surface area contributed by atoms with E-state index in [-0.39, 0.29) is 12.1 Å². The van der Waals surface area contributed by atoms with Crippen molar-refractivity contribution in [2.45, 2.75) is 52.5 Å². The van der Waals surface area contributed by atoms with Gasteiger partial charge in [0.05, 0.1) is 0 Å². The van der Waals surface area contributed by atoms with E-state index in [0.29, 0.717) is 11.8 Å². The summed E-state index contributed by atoms with van der Waals surface area (Å²) in [4.78, 5) is 15.3. The van der Waals surface area contributed by atoms with Crippen LogP contribution in [0.2, 0.25) is 0 Å². The van der Waals surface area contributed by atoms with Crippen LogP contribution in [0, 0.1) is 19.8 Å². The van der Waals surface area contributed by atoms with Crippen molar-refractivity contribution in [1.29, 1.82) is 0 Å². The second-order valence-electron chi connectivity index (χ2n) is 6.58. The molecular formula is C18H24N2O2. The maximum Gasteiger partial charge on any atom is 0.414 e. The van der Waals surface area contributed by atoms with Gasteiger partial charge in [-0.3, -0.25) is 0 Å². The summed E-state index contributed by atoms with van der Waals surface area (Å²) in [6, 6.07) is 6.32. The van der Waals surface area contributed by atoms with Crippen molar-refractivity contribution >= 4 is 17.0 Å². The fourth-order valence-electron chi connectivity index (χ4n) is 3.44. The van der Waals surface area contributed by atoms with Gasteiger partial charge in [-0.25, -0.2) is 4.79 Å². The molecule has 1 aliphatic carbocycles. The molecule has 2 aromatic rings. The van der Waals surface area contributed by atoms with E-state index in [9.17, 15) is 4.79 Å². The normalized spacial score (nSPS) is 21.8. The summed E-state index contributed by atoms with van der Waals surface area (Å²) in [5, 5.41) is 4.10. The Bertz CT molecular complexity index is 690. The van der Waals surface area contributed by atoms with Crippen LogP contribution in [0.25, 0.3) is 10.9 Å². The maximum atomic E-state index is 12.1. The first kappa shape index (κ1) is 14.9. The van der Waals surface area contributed by atoms with Crippen LogP contribution < -0.4 is 10.1 Å². The molecule has 0 saturated heterocycles. The third kappa shape index (κ3) is 3.11. The van der Waals surface area contributed by atoms with Crippen LogP contribution in [-0.4, -0.2) is 17.1 Å². The molecule has 3 rings (SSSR count). The third-order valence-corrected chi connectivity index (χ3v) is 4.68. The number of H-pyrrole nitrogens is 1. The summed E-state index contributed by atoms with van der Waals surface area (Å²) in [6.45, 7) is 6.32. The van der Waals surface area contributed by atoms with Crippen LogP contribution in [0.1, 0.15) is 43.7 Å². The first-order valence-electron chi connectivity index (χ1n) is 8.11. The molecule has 2 atom stereocenters. The number of hydrogen-bond donors (Lipinski definition) is 2. The van der Waals surface area contributed by atoms with Gasteiger partial charge in [0.25, 0.3) is 0 Å². The number of aromatic amines is 1. The third-order valence-electron chi connectivity index (χ3n) is 4.68. The number of ether oxygens (including phenoxy) is 1. The van der Waals surface area contributed by atoms with Crippen LogP contribution in [0.15, 0.2) is 18.2 Å². The van der Waals surface area contributed by atoms with Crippen molar-refractivity contribution in [2.75, 3.05) is 0 Å². The Morgan fingerprint density at radius 2 is 2.00 bits per heavy atom. The van der Waals surface area contributed by atoms with Gasteiger partial charge in [0.15, 0.2) is 0 Å². The van der Waals surface area contributed by atoms with Crippen LogP contribution in [0.4, 0.5) is 4.79 Å². The topological polar surface area (TPSA) is 54.1 Å². The first-order valence-corrected chi connectivity index (χ1v) is 8.11. The molecule has 1 fully saturated rings. The molecule has 4 heteroatoms. The van der Waals surface area contributed by atoms with Gasteiger partial charge in [0.2, 0.25) is 5.88 Å². The summed E-state index contributed by atoms with van der Waals surface area (Å²) >= 11 is 0. The number of fused-ring (bicyclic) bond motifs is 1. The Morgan fingerprint density at radius 3 is 2.77 bits per heavy atom. The van der Waals surface area contributed by atoms with Crippen LogP contribution >= 0.6 is 0 Å². The molecule has 22 heavy (non-hydrogen) atoms. The van der Waals surface area contributed by atoms with Gasteiger partial charge in [0, 0.05) is 23.0 Å². The van der Waals surface area contributed by atoms with E-state index in [0.717, 1.165) is 17.3 Å². The molecule has 0 radical (unpaired) electrons. The summed E-state index contributed by atoms with van der Waals surface area (Å²) in [7, 11) is 0. The zero-order valence-corrected chi connectivity index (χ0v) is 13.5. The monoisotopic (exact) mass is 300 g/mol. The minimum atomic E-state index is -0.361. The number of nitrogens with one attached hydrogen (secondary N) is 2. The van der Waals surface area contributed by atoms with Gasteiger partial charge < -0.3 is 15.0 Å². The average Bonchev–Trinajstić information content (AvgIpc) is 2.84. The minimum Gasteiger partial charge on any atom is -0.393 e. The first-order chi connectivity index (χ1) is 10.5. The molecule has 1 aromatic heterocycles. The quantitative estimate of drug-likeness (QED) is 0.860. The Morgan fingerprint density at radius 1 is 1.23 bits per heavy atom. The second kappa shape index (κ2) is 6.03. The van der Waals surface area contributed by atoms with E-state index >= 15 is 0 Å². The minimum absolute atomic E-state index is 0.231. The lowest BCUT2D eigenvalue weighted by Crippen LogP contribution is -2.42. The number of aromatic nitrogens is 1. The largest absolute Gasteiger partial charge is 0.414 e. The summed E-state index contributed by atoms with van der Waals surface area (Å²) < 4.78 is 5.44. The molecule has 1 aromatic carbocycles. The van der Waals surface area contributed by atoms with E-state index in [2.05, 4.69) is 43.2 Å². The lowest BCUT2D eigenvalue weighted by molar-refractivity contribution is 0.182. The number of carbonyl (C=O) groups is 1. The van der Waals surface area contributed by atoms with Gasteiger partial charge in [-0.05, 0) is 49.8 Å². The molecular weight excluding hydrogens is 276 g/mol. The molecule has 118 valence electrons. The van der Waals surface area contributed by atoms with Gasteiger partial charge in [-0.15, -0.1) is 0 Å². The van der Waals surface area contributed by atoms with Crippen molar-refractivity contribution in [3.05, 3.63) is 29.3 Å². The van der Waals surface area contributed by atoms with Gasteiger partial charge >= 0.3 is 6.09 Å². The van der Waals surface area contributed by atoms with Crippen molar-refractivity contribution in [1.82, 2.24) is 10.3 Å². The van der Waals surface area contributed by atoms with E-state index < -0.39 is 0 Å². The second-order valence-corrected chi connectivity index (χ2v) is 6.58. The average molecular weight is 300 g/mol. The van der Waals surface area contributed by atoms with E-state index in [1.165, 1.54) is 30.4 Å². The van der Waals surface area contributed by atoms with Crippen molar-refractivity contribution in [3.8, 4) is 5.88 Å². The summed E-state index contributed by atoms with van der Waals surface area (Å²) in [5.74, 6) is 1.03. The molecule has 0 spiro atoms. The number of amides is 1. The predicted molar refractivity (Wildman–Crippen MR) is 88.4 cm³/mol. The lowest BCUT2D eigenvalue weighted by Gasteiger charge is -2.28. The molecule has 2 N–H and O–H groups in total. The van der Waals surface area contributed by atoms with E-state index in [4.69, 9.17) is 4.74 Å². The van der Waals surface area contributed by atoms with Gasteiger partial charge in [-0.1, -0.05) is 25.8 Å². The molecule has 1 saturated carbocycles. The molecule has 0 bridgehead atoms. The highest BCUT2D eigenvalue weighted by Crippen LogP contribution is 2.26. The highest BCUT2D eigenvalue weighted by Gasteiger charge is 2.23. The molecule has 1 heterocycles. The highest BCUT2D eigenvalue weighted by molar-refractivity contribution is 5.86. The summed E-state index contributed by atoms with van der Waals surface area (Å²) in [6.07, 6.45) is 4.30. The lowest BCUT2D eigenvalue weighted by atomic mass is 9.86. The zero-order chi connectivity index (χ0) is 15.7. The Kier molecular flexibility index (Phi) is 4.10. The smallest absolute Gasteiger partial charge is 0.393 e. The fourth-order valence-corrected chi connectivity index (χ4v) is 3.44. The summed E-state index contributed by atoms with van der Waals surface area (Å²) in [5.41, 5.74) is 3.38. The van der Waals surface area contributed by atoms with Crippen LogP contribution in [-0.2, 0) is 0 Å². The molecule has 0 unspecified atom stereocenters. The molecule has 4 nitrogen and oxygen atoms in total. The maximum absolute atomic E-state index is 12.1. The molecule has 1 aliphatic rings. The van der Waals surface area contributed by atoms with Crippen molar-refractivity contribution in [3.63, 3.8) is 0 Å². The van der Waals surface area contributed by atoms with E-state index in [1.807, 2.05) is 6.07 Å². The van der Waals surface area contributed by atoms with Gasteiger partial charge in [0.1, 0.15) is 0 Å². The number of aryl methyl sites for hydroxylation is 2. The van der Waals surface area contributed by atoms with Crippen molar-refractivity contribution < 1.29 is 9.53 Å².